The molecule has 3 aromatic rings. The number of thiazole rings is 1. The van der Waals surface area contributed by atoms with E-state index in [1.807, 2.05) is 36.0 Å². The summed E-state index contributed by atoms with van der Waals surface area (Å²) in [6, 6.07) is 6.10. The van der Waals surface area contributed by atoms with Gasteiger partial charge >= 0.3 is 0 Å². The van der Waals surface area contributed by atoms with E-state index >= 15 is 0 Å². The molecule has 0 atom stereocenters. The zero-order valence-corrected chi connectivity index (χ0v) is 14.2. The number of aliphatic hydroxyl groups is 1. The first-order chi connectivity index (χ1) is 10.7. The van der Waals surface area contributed by atoms with Crippen molar-refractivity contribution in [2.45, 2.75) is 26.9 Å². The highest BCUT2D eigenvalue weighted by molar-refractivity contribution is 7.13. The molecule has 7 heteroatoms. The van der Waals surface area contributed by atoms with Crippen LogP contribution in [0.1, 0.15) is 15.6 Å². The Labute approximate surface area is 137 Å². The Balaban J connectivity index is 1.81. The van der Waals surface area contributed by atoms with Gasteiger partial charge in [0.15, 0.2) is 0 Å². The van der Waals surface area contributed by atoms with Crippen LogP contribution in [-0.4, -0.2) is 26.5 Å². The molecule has 0 aromatic carbocycles. The second kappa shape index (κ2) is 6.60. The number of hydrogen-bond acceptors (Lipinski definition) is 6. The first-order valence-electron chi connectivity index (χ1n) is 7.06. The molecule has 0 unspecified atom stereocenters. The standard InChI is InChI=1S/C15H18N4OS2/c1-10-14(22-11(2)17-10)9-16-15-8-12(13-4-3-7-21-13)18-19(15)5-6-20/h3-4,7-8,16,20H,5-6,9H2,1-2H3. The number of nitrogens with zero attached hydrogens (tertiary/aromatic N) is 3. The highest BCUT2D eigenvalue weighted by Crippen LogP contribution is 2.27. The van der Waals surface area contributed by atoms with E-state index in [1.165, 1.54) is 4.88 Å². The summed E-state index contributed by atoms with van der Waals surface area (Å²) in [7, 11) is 0. The molecule has 0 spiro atoms. The molecule has 0 amide bonds. The van der Waals surface area contributed by atoms with E-state index in [0.29, 0.717) is 6.54 Å². The molecule has 0 saturated carbocycles. The Morgan fingerprint density at radius 3 is 2.86 bits per heavy atom. The van der Waals surface area contributed by atoms with Crippen LogP contribution in [-0.2, 0) is 13.1 Å². The molecule has 22 heavy (non-hydrogen) atoms. The monoisotopic (exact) mass is 334 g/mol. The Kier molecular flexibility index (Phi) is 4.56. The van der Waals surface area contributed by atoms with Crippen molar-refractivity contribution >= 4 is 28.5 Å². The van der Waals surface area contributed by atoms with Gasteiger partial charge in [0.1, 0.15) is 11.5 Å². The molecule has 3 rings (SSSR count). The fraction of sp³-hybridized carbons (Fsp3) is 0.333. The summed E-state index contributed by atoms with van der Waals surface area (Å²) >= 11 is 3.37. The van der Waals surface area contributed by atoms with Crippen LogP contribution in [0.15, 0.2) is 23.6 Å². The maximum atomic E-state index is 9.22. The van der Waals surface area contributed by atoms with Crippen LogP contribution in [0.4, 0.5) is 5.82 Å². The van der Waals surface area contributed by atoms with Gasteiger partial charge in [-0.1, -0.05) is 6.07 Å². The molecule has 0 fully saturated rings. The van der Waals surface area contributed by atoms with Crippen LogP contribution in [0.2, 0.25) is 0 Å². The van der Waals surface area contributed by atoms with Crippen LogP contribution in [0.25, 0.3) is 10.6 Å². The van der Waals surface area contributed by atoms with Crippen molar-refractivity contribution in [1.29, 1.82) is 0 Å². The van der Waals surface area contributed by atoms with Crippen molar-refractivity contribution in [3.05, 3.63) is 39.2 Å². The lowest BCUT2D eigenvalue weighted by molar-refractivity contribution is 0.270. The number of anilines is 1. The van der Waals surface area contributed by atoms with Crippen LogP contribution in [0.5, 0.6) is 0 Å². The number of thiophene rings is 1. The molecule has 0 bridgehead atoms. The van der Waals surface area contributed by atoms with E-state index in [1.54, 1.807) is 22.7 Å². The second-order valence-electron chi connectivity index (χ2n) is 4.93. The topological polar surface area (TPSA) is 63.0 Å². The van der Waals surface area contributed by atoms with Gasteiger partial charge in [0.2, 0.25) is 0 Å². The number of hydrogen-bond donors (Lipinski definition) is 2. The molecule has 3 heterocycles. The number of aliphatic hydroxyl groups excluding tert-OH is 1. The summed E-state index contributed by atoms with van der Waals surface area (Å²) in [5.41, 5.74) is 2.00. The van der Waals surface area contributed by atoms with E-state index < -0.39 is 0 Å². The number of aryl methyl sites for hydroxylation is 2. The van der Waals surface area contributed by atoms with Crippen molar-refractivity contribution in [2.75, 3.05) is 11.9 Å². The lowest BCUT2D eigenvalue weighted by atomic mass is 10.3. The summed E-state index contributed by atoms with van der Waals surface area (Å²) in [6.07, 6.45) is 0. The zero-order valence-electron chi connectivity index (χ0n) is 12.5. The zero-order chi connectivity index (χ0) is 15.5. The molecule has 0 radical (unpaired) electrons. The van der Waals surface area contributed by atoms with Crippen LogP contribution >= 0.6 is 22.7 Å². The lowest BCUT2D eigenvalue weighted by Gasteiger charge is -2.07. The lowest BCUT2D eigenvalue weighted by Crippen LogP contribution is -2.10. The van der Waals surface area contributed by atoms with E-state index in [-0.39, 0.29) is 6.61 Å². The van der Waals surface area contributed by atoms with Crippen molar-refractivity contribution < 1.29 is 5.11 Å². The average molecular weight is 334 g/mol. The third-order valence-electron chi connectivity index (χ3n) is 3.30. The molecule has 0 aliphatic carbocycles. The minimum atomic E-state index is 0.0684. The van der Waals surface area contributed by atoms with Gasteiger partial charge in [-0.15, -0.1) is 22.7 Å². The fourth-order valence-corrected chi connectivity index (χ4v) is 3.84. The Bertz CT molecular complexity index is 746. The second-order valence-corrected chi connectivity index (χ2v) is 7.17. The molecule has 3 aromatic heterocycles. The summed E-state index contributed by atoms with van der Waals surface area (Å²) in [6.45, 7) is 5.32. The average Bonchev–Trinajstić information content (AvgIpc) is 3.18. The van der Waals surface area contributed by atoms with Crippen LogP contribution in [0.3, 0.4) is 0 Å². The van der Waals surface area contributed by atoms with E-state index in [2.05, 4.69) is 21.5 Å². The highest BCUT2D eigenvalue weighted by atomic mass is 32.1. The van der Waals surface area contributed by atoms with Gasteiger partial charge in [-0.25, -0.2) is 9.67 Å². The normalized spacial score (nSPS) is 11.0. The van der Waals surface area contributed by atoms with E-state index in [9.17, 15) is 5.11 Å². The number of aromatic nitrogens is 3. The predicted octanol–water partition coefficient (Wildman–Crippen LogP) is 3.29. The van der Waals surface area contributed by atoms with Gasteiger partial charge in [-0.05, 0) is 25.3 Å². The number of rotatable bonds is 6. The van der Waals surface area contributed by atoms with Gasteiger partial charge in [0.05, 0.1) is 35.3 Å². The summed E-state index contributed by atoms with van der Waals surface area (Å²) < 4.78 is 1.82. The van der Waals surface area contributed by atoms with Crippen LogP contribution < -0.4 is 5.32 Å². The van der Waals surface area contributed by atoms with E-state index in [4.69, 9.17) is 0 Å². The van der Waals surface area contributed by atoms with Crippen molar-refractivity contribution in [2.24, 2.45) is 0 Å². The first-order valence-corrected chi connectivity index (χ1v) is 8.76. The Morgan fingerprint density at radius 2 is 2.23 bits per heavy atom. The first kappa shape index (κ1) is 15.2. The van der Waals surface area contributed by atoms with Gasteiger partial charge in [-0.3, -0.25) is 0 Å². The maximum absolute atomic E-state index is 9.22. The molecule has 5 nitrogen and oxygen atoms in total. The largest absolute Gasteiger partial charge is 0.394 e. The van der Waals surface area contributed by atoms with E-state index in [0.717, 1.165) is 33.6 Å². The Morgan fingerprint density at radius 1 is 1.36 bits per heavy atom. The minimum Gasteiger partial charge on any atom is -0.394 e. The predicted molar refractivity (Wildman–Crippen MR) is 91.5 cm³/mol. The third-order valence-corrected chi connectivity index (χ3v) is 5.26. The van der Waals surface area contributed by atoms with Gasteiger partial charge < -0.3 is 10.4 Å². The quantitative estimate of drug-likeness (QED) is 0.726. The van der Waals surface area contributed by atoms with Crippen molar-refractivity contribution in [3.63, 3.8) is 0 Å². The van der Waals surface area contributed by atoms with Crippen molar-refractivity contribution in [3.8, 4) is 10.6 Å². The summed E-state index contributed by atoms with van der Waals surface area (Å²) in [5.74, 6) is 0.919. The molecule has 2 N–H and O–H groups in total. The Hall–Kier alpha value is -1.70. The van der Waals surface area contributed by atoms with Crippen LogP contribution in [0, 0.1) is 13.8 Å². The van der Waals surface area contributed by atoms with Crippen molar-refractivity contribution in [1.82, 2.24) is 14.8 Å². The molecular weight excluding hydrogens is 316 g/mol. The SMILES string of the molecule is Cc1nc(C)c(CNc2cc(-c3cccs3)nn2CCO)s1. The van der Waals surface area contributed by atoms with Gasteiger partial charge in [0.25, 0.3) is 0 Å². The molecular formula is C15H18N4OS2. The maximum Gasteiger partial charge on any atom is 0.125 e. The molecule has 116 valence electrons. The summed E-state index contributed by atoms with van der Waals surface area (Å²) in [5, 5.41) is 20.3. The molecule has 0 aliphatic heterocycles. The fourth-order valence-electron chi connectivity index (χ4n) is 2.28. The minimum absolute atomic E-state index is 0.0684. The number of nitrogens with one attached hydrogen (secondary N) is 1. The van der Waals surface area contributed by atoms with Gasteiger partial charge in [0, 0.05) is 10.9 Å². The molecule has 0 saturated heterocycles. The summed E-state index contributed by atoms with van der Waals surface area (Å²) in [4.78, 5) is 6.80. The highest BCUT2D eigenvalue weighted by Gasteiger charge is 2.11. The van der Waals surface area contributed by atoms with Gasteiger partial charge in [-0.2, -0.15) is 5.10 Å². The molecule has 0 aliphatic rings. The third kappa shape index (κ3) is 3.21. The smallest absolute Gasteiger partial charge is 0.125 e.